The molecule has 2 fully saturated rings. The molecule has 21 heavy (non-hydrogen) atoms. The van der Waals surface area contributed by atoms with Gasteiger partial charge in [-0.05, 0) is 26.2 Å². The first-order valence-electron chi connectivity index (χ1n) is 7.65. The number of hydrogen-bond donors (Lipinski definition) is 1. The number of amides is 2. The van der Waals surface area contributed by atoms with Crippen LogP contribution in [-0.2, 0) is 19.4 Å². The molecule has 2 amide bonds. The second kappa shape index (κ2) is 5.94. The van der Waals surface area contributed by atoms with Crippen molar-refractivity contribution in [2.24, 2.45) is 0 Å². The fourth-order valence-electron chi connectivity index (χ4n) is 3.38. The predicted octanol–water partition coefficient (Wildman–Crippen LogP) is 0.471. The quantitative estimate of drug-likeness (QED) is 0.799. The Labute approximate surface area is 126 Å². The van der Waals surface area contributed by atoms with E-state index in [2.05, 4.69) is 5.32 Å². The molecule has 2 aliphatic rings. The van der Waals surface area contributed by atoms with Gasteiger partial charge in [-0.15, -0.1) is 0 Å². The minimum absolute atomic E-state index is 0.0612. The van der Waals surface area contributed by atoms with E-state index in [4.69, 9.17) is 0 Å². The Morgan fingerprint density at radius 3 is 2.43 bits per heavy atom. The molecule has 0 radical (unpaired) electrons. The summed E-state index contributed by atoms with van der Waals surface area (Å²) >= 11 is 0. The highest BCUT2D eigenvalue weighted by Crippen LogP contribution is 2.38. The highest BCUT2D eigenvalue weighted by atomic mass is 32.2. The molecule has 0 aromatic carbocycles. The molecule has 1 N–H and O–H groups in total. The summed E-state index contributed by atoms with van der Waals surface area (Å²) in [6.45, 7) is 3.59. The van der Waals surface area contributed by atoms with E-state index in [1.807, 2.05) is 6.92 Å². The molecule has 1 spiro atoms. The number of piperazine rings is 1. The Balaban J connectivity index is 2.19. The molecule has 1 atom stereocenters. The maximum atomic E-state index is 12.4. The summed E-state index contributed by atoms with van der Waals surface area (Å²) in [6, 6.07) is -0.572. The number of carbonyl (C=O) groups is 2. The molecule has 7 heteroatoms. The van der Waals surface area contributed by atoms with Crippen LogP contribution >= 0.6 is 0 Å². The van der Waals surface area contributed by atoms with E-state index in [-0.39, 0.29) is 29.9 Å². The third kappa shape index (κ3) is 3.07. The molecule has 1 unspecified atom stereocenters. The van der Waals surface area contributed by atoms with Gasteiger partial charge in [0.25, 0.3) is 0 Å². The van der Waals surface area contributed by atoms with Gasteiger partial charge in [0.1, 0.15) is 11.6 Å². The molecule has 1 aliphatic carbocycles. The maximum Gasteiger partial charge on any atom is 0.246 e. The smallest absolute Gasteiger partial charge is 0.246 e. The fraction of sp³-hybridized carbons (Fsp3) is 0.857. The lowest BCUT2D eigenvalue weighted by atomic mass is 9.90. The van der Waals surface area contributed by atoms with Gasteiger partial charge in [-0.2, -0.15) is 0 Å². The van der Waals surface area contributed by atoms with Gasteiger partial charge in [-0.1, -0.05) is 19.8 Å². The molecule has 1 saturated carbocycles. The number of nitrogens with one attached hydrogen (secondary N) is 1. The Morgan fingerprint density at radius 1 is 1.24 bits per heavy atom. The van der Waals surface area contributed by atoms with Crippen molar-refractivity contribution in [1.29, 1.82) is 0 Å². The zero-order chi connectivity index (χ0) is 15.7. The number of rotatable bonds is 5. The van der Waals surface area contributed by atoms with Crippen LogP contribution in [0.3, 0.4) is 0 Å². The topological polar surface area (TPSA) is 83.6 Å². The van der Waals surface area contributed by atoms with Crippen LogP contribution in [0.15, 0.2) is 0 Å². The molecule has 120 valence electrons. The lowest BCUT2D eigenvalue weighted by molar-refractivity contribution is -0.156. The van der Waals surface area contributed by atoms with Crippen molar-refractivity contribution < 1.29 is 18.0 Å². The van der Waals surface area contributed by atoms with E-state index in [9.17, 15) is 18.0 Å². The third-order valence-corrected chi connectivity index (χ3v) is 6.33. The van der Waals surface area contributed by atoms with Crippen molar-refractivity contribution in [2.75, 3.05) is 18.1 Å². The van der Waals surface area contributed by atoms with Crippen molar-refractivity contribution in [3.05, 3.63) is 0 Å². The Kier molecular flexibility index (Phi) is 4.60. The predicted molar refractivity (Wildman–Crippen MR) is 79.5 cm³/mol. The monoisotopic (exact) mass is 316 g/mol. The molecule has 0 aromatic rings. The molecule has 2 rings (SSSR count). The van der Waals surface area contributed by atoms with Crippen molar-refractivity contribution in [3.63, 3.8) is 0 Å². The Bertz CT molecular complexity index is 523. The van der Waals surface area contributed by atoms with Crippen LogP contribution in [0.1, 0.15) is 46.0 Å². The van der Waals surface area contributed by atoms with Gasteiger partial charge in [-0.25, -0.2) is 8.42 Å². The summed E-state index contributed by atoms with van der Waals surface area (Å²) in [5.41, 5.74) is -0.814. The Morgan fingerprint density at radius 2 is 1.86 bits per heavy atom. The lowest BCUT2D eigenvalue weighted by Crippen LogP contribution is -2.69. The van der Waals surface area contributed by atoms with Gasteiger partial charge in [0.15, 0.2) is 9.84 Å². The molecular weight excluding hydrogens is 292 g/mol. The van der Waals surface area contributed by atoms with Crippen molar-refractivity contribution in [3.8, 4) is 0 Å². The van der Waals surface area contributed by atoms with Crippen LogP contribution < -0.4 is 5.32 Å². The van der Waals surface area contributed by atoms with Gasteiger partial charge < -0.3 is 10.2 Å². The zero-order valence-corrected chi connectivity index (χ0v) is 13.5. The Hall–Kier alpha value is -1.11. The van der Waals surface area contributed by atoms with Gasteiger partial charge >= 0.3 is 0 Å². The average molecular weight is 316 g/mol. The summed E-state index contributed by atoms with van der Waals surface area (Å²) in [4.78, 5) is 26.3. The molecular formula is C14H24N2O4S. The van der Waals surface area contributed by atoms with E-state index < -0.39 is 21.4 Å². The van der Waals surface area contributed by atoms with Crippen molar-refractivity contribution in [1.82, 2.24) is 10.2 Å². The van der Waals surface area contributed by atoms with Gasteiger partial charge in [0.05, 0.1) is 5.75 Å². The van der Waals surface area contributed by atoms with Crippen LogP contribution in [0.2, 0.25) is 0 Å². The van der Waals surface area contributed by atoms with Gasteiger partial charge in [0.2, 0.25) is 11.8 Å². The summed E-state index contributed by atoms with van der Waals surface area (Å²) in [5.74, 6) is -0.221. The van der Waals surface area contributed by atoms with Crippen molar-refractivity contribution in [2.45, 2.75) is 57.5 Å². The number of carbonyl (C=O) groups excluding carboxylic acids is 2. The lowest BCUT2D eigenvalue weighted by Gasteiger charge is -2.45. The molecule has 0 aromatic heterocycles. The van der Waals surface area contributed by atoms with Crippen LogP contribution in [0, 0.1) is 0 Å². The fourth-order valence-corrected chi connectivity index (χ4v) is 4.67. The van der Waals surface area contributed by atoms with Crippen LogP contribution in [0.4, 0.5) is 0 Å². The first-order chi connectivity index (χ1) is 9.82. The standard InChI is InChI=1S/C14H24N2O4S/c1-3-9-21(19,20)10-8-16-12(17)11(2)15-13(18)14(16)6-4-5-7-14/h11H,3-10H2,1-2H3,(H,15,18). The average Bonchev–Trinajstić information content (AvgIpc) is 2.87. The van der Waals surface area contributed by atoms with Gasteiger partial charge in [-0.3, -0.25) is 9.59 Å². The molecule has 1 heterocycles. The zero-order valence-electron chi connectivity index (χ0n) is 12.7. The molecule has 6 nitrogen and oxygen atoms in total. The highest BCUT2D eigenvalue weighted by Gasteiger charge is 2.52. The number of hydrogen-bond acceptors (Lipinski definition) is 4. The van der Waals surface area contributed by atoms with E-state index >= 15 is 0 Å². The van der Waals surface area contributed by atoms with E-state index in [0.29, 0.717) is 19.3 Å². The largest absolute Gasteiger partial charge is 0.343 e. The van der Waals surface area contributed by atoms with Crippen LogP contribution in [0.25, 0.3) is 0 Å². The second-order valence-corrected chi connectivity index (χ2v) is 8.38. The number of sulfone groups is 1. The minimum atomic E-state index is -3.16. The number of nitrogens with zero attached hydrogens (tertiary/aromatic N) is 1. The van der Waals surface area contributed by atoms with Crippen LogP contribution in [-0.4, -0.2) is 54.8 Å². The summed E-state index contributed by atoms with van der Waals surface area (Å²) in [7, 11) is -3.16. The third-order valence-electron chi connectivity index (χ3n) is 4.50. The molecule has 1 aliphatic heterocycles. The summed E-state index contributed by atoms with van der Waals surface area (Å²) in [6.07, 6.45) is 3.62. The summed E-state index contributed by atoms with van der Waals surface area (Å²) in [5, 5.41) is 2.73. The first kappa shape index (κ1) is 16.3. The second-order valence-electron chi connectivity index (χ2n) is 6.08. The SMILES string of the molecule is CCCS(=O)(=O)CCN1C(=O)C(C)NC(=O)C12CCCC2. The first-order valence-corrected chi connectivity index (χ1v) is 9.47. The van der Waals surface area contributed by atoms with E-state index in [1.54, 1.807) is 6.92 Å². The van der Waals surface area contributed by atoms with Gasteiger partial charge in [0, 0.05) is 12.3 Å². The summed E-state index contributed by atoms with van der Waals surface area (Å²) < 4.78 is 23.8. The normalized spacial score (nSPS) is 25.4. The maximum absolute atomic E-state index is 12.4. The minimum Gasteiger partial charge on any atom is -0.343 e. The van der Waals surface area contributed by atoms with Crippen LogP contribution in [0.5, 0.6) is 0 Å². The molecule has 1 saturated heterocycles. The van der Waals surface area contributed by atoms with Crippen molar-refractivity contribution >= 4 is 21.7 Å². The van der Waals surface area contributed by atoms with E-state index in [1.165, 1.54) is 4.90 Å². The van der Waals surface area contributed by atoms with E-state index in [0.717, 1.165) is 12.8 Å². The molecule has 0 bridgehead atoms. The highest BCUT2D eigenvalue weighted by molar-refractivity contribution is 7.91.